The van der Waals surface area contributed by atoms with E-state index in [9.17, 15) is 9.59 Å². The molecule has 0 spiro atoms. The second-order valence-electron chi connectivity index (χ2n) is 7.62. The Morgan fingerprint density at radius 2 is 1.82 bits per heavy atom. The summed E-state index contributed by atoms with van der Waals surface area (Å²) in [5.41, 5.74) is 4.70. The molecule has 2 aromatic rings. The van der Waals surface area contributed by atoms with Crippen LogP contribution in [0.1, 0.15) is 46.3 Å². The molecule has 0 saturated carbocycles. The lowest BCUT2D eigenvalue weighted by atomic mass is 10.1. The predicted molar refractivity (Wildman–Crippen MR) is 109 cm³/mol. The molecule has 1 aliphatic heterocycles. The summed E-state index contributed by atoms with van der Waals surface area (Å²) in [6.07, 6.45) is 5.45. The van der Waals surface area contributed by atoms with Gasteiger partial charge in [-0.2, -0.15) is 0 Å². The number of anilines is 1. The van der Waals surface area contributed by atoms with Gasteiger partial charge in [-0.1, -0.05) is 18.2 Å². The SMILES string of the molecule is Cc1cccc(C(=O)N2CCCC2)c1NC(=O)COc1ccc2c(c1)CCC2. The molecular formula is C23H26N2O3. The Bertz CT molecular complexity index is 901. The number of para-hydroxylation sites is 1. The number of nitrogens with one attached hydrogen (secondary N) is 1. The normalized spacial score (nSPS) is 15.4. The maximum absolute atomic E-state index is 12.8. The Morgan fingerprint density at radius 3 is 2.64 bits per heavy atom. The molecule has 1 heterocycles. The van der Waals surface area contributed by atoms with Crippen LogP contribution in [-0.4, -0.2) is 36.4 Å². The smallest absolute Gasteiger partial charge is 0.262 e. The number of nitrogens with zero attached hydrogens (tertiary/aromatic N) is 1. The van der Waals surface area contributed by atoms with E-state index >= 15 is 0 Å². The standard InChI is InChI=1S/C23H26N2O3/c1-16-6-4-9-20(23(27)25-12-2-3-13-25)22(16)24-21(26)15-28-19-11-10-17-7-5-8-18(17)14-19/h4,6,9-11,14H,2-3,5,7-8,12-13,15H2,1H3,(H,24,26). The molecule has 0 radical (unpaired) electrons. The van der Waals surface area contributed by atoms with E-state index in [1.165, 1.54) is 17.5 Å². The summed E-state index contributed by atoms with van der Waals surface area (Å²) in [6, 6.07) is 11.6. The van der Waals surface area contributed by atoms with E-state index < -0.39 is 0 Å². The first kappa shape index (κ1) is 18.5. The van der Waals surface area contributed by atoms with Crippen molar-refractivity contribution in [3.05, 3.63) is 58.7 Å². The summed E-state index contributed by atoms with van der Waals surface area (Å²) in [5.74, 6) is 0.440. The molecule has 0 bridgehead atoms. The molecule has 0 aromatic heterocycles. The first-order chi connectivity index (χ1) is 13.6. The van der Waals surface area contributed by atoms with Crippen LogP contribution in [0.25, 0.3) is 0 Å². The van der Waals surface area contributed by atoms with Crippen LogP contribution in [0.15, 0.2) is 36.4 Å². The zero-order chi connectivity index (χ0) is 19.5. The van der Waals surface area contributed by atoms with Crippen LogP contribution < -0.4 is 10.1 Å². The summed E-state index contributed by atoms with van der Waals surface area (Å²) in [7, 11) is 0. The van der Waals surface area contributed by atoms with E-state index in [-0.39, 0.29) is 18.4 Å². The predicted octanol–water partition coefficient (Wildman–Crippen LogP) is 3.74. The molecule has 2 amide bonds. The first-order valence-corrected chi connectivity index (χ1v) is 10.0. The van der Waals surface area contributed by atoms with Crippen molar-refractivity contribution in [3.8, 4) is 5.75 Å². The number of ether oxygens (including phenoxy) is 1. The lowest BCUT2D eigenvalue weighted by molar-refractivity contribution is -0.118. The van der Waals surface area contributed by atoms with Crippen LogP contribution in [0.2, 0.25) is 0 Å². The highest BCUT2D eigenvalue weighted by Crippen LogP contribution is 2.27. The highest BCUT2D eigenvalue weighted by atomic mass is 16.5. The average molecular weight is 378 g/mol. The Balaban J connectivity index is 1.43. The van der Waals surface area contributed by atoms with Gasteiger partial charge in [0.15, 0.2) is 6.61 Å². The van der Waals surface area contributed by atoms with Crippen LogP contribution in [0.3, 0.4) is 0 Å². The summed E-state index contributed by atoms with van der Waals surface area (Å²) in [5, 5.41) is 2.89. The zero-order valence-electron chi connectivity index (χ0n) is 16.3. The van der Waals surface area contributed by atoms with Gasteiger partial charge in [0.05, 0.1) is 11.3 Å². The van der Waals surface area contributed by atoms with Crippen LogP contribution in [-0.2, 0) is 17.6 Å². The van der Waals surface area contributed by atoms with Gasteiger partial charge in [0.2, 0.25) is 0 Å². The fourth-order valence-electron chi connectivity index (χ4n) is 4.06. The summed E-state index contributed by atoms with van der Waals surface area (Å²) in [4.78, 5) is 27.2. The van der Waals surface area contributed by atoms with Gasteiger partial charge in [0.1, 0.15) is 5.75 Å². The zero-order valence-corrected chi connectivity index (χ0v) is 16.3. The molecule has 146 valence electrons. The number of fused-ring (bicyclic) bond motifs is 1. The monoisotopic (exact) mass is 378 g/mol. The highest BCUT2D eigenvalue weighted by Gasteiger charge is 2.23. The van der Waals surface area contributed by atoms with E-state index in [0.717, 1.165) is 44.3 Å². The molecular weight excluding hydrogens is 352 g/mol. The minimum Gasteiger partial charge on any atom is -0.484 e. The molecule has 5 nitrogen and oxygen atoms in total. The molecule has 1 aliphatic carbocycles. The second kappa shape index (κ2) is 8.05. The van der Waals surface area contributed by atoms with Crippen LogP contribution in [0.5, 0.6) is 5.75 Å². The number of aryl methyl sites for hydroxylation is 3. The lowest BCUT2D eigenvalue weighted by Crippen LogP contribution is -2.29. The van der Waals surface area contributed by atoms with Crippen LogP contribution in [0, 0.1) is 6.92 Å². The van der Waals surface area contributed by atoms with Crippen LogP contribution >= 0.6 is 0 Å². The summed E-state index contributed by atoms with van der Waals surface area (Å²) < 4.78 is 5.70. The molecule has 1 saturated heterocycles. The number of hydrogen-bond acceptors (Lipinski definition) is 3. The van der Waals surface area contributed by atoms with Gasteiger partial charge in [-0.15, -0.1) is 0 Å². The van der Waals surface area contributed by atoms with Crippen molar-refractivity contribution in [2.24, 2.45) is 0 Å². The topological polar surface area (TPSA) is 58.6 Å². The van der Waals surface area contributed by atoms with Crippen molar-refractivity contribution in [2.45, 2.75) is 39.0 Å². The van der Waals surface area contributed by atoms with E-state index in [0.29, 0.717) is 17.0 Å². The molecule has 2 aliphatic rings. The molecule has 1 N–H and O–H groups in total. The average Bonchev–Trinajstić information content (AvgIpc) is 3.39. The Hall–Kier alpha value is -2.82. The van der Waals surface area contributed by atoms with Crippen molar-refractivity contribution in [2.75, 3.05) is 25.0 Å². The van der Waals surface area contributed by atoms with E-state index in [1.54, 1.807) is 6.07 Å². The number of carbonyl (C=O) groups is 2. The molecule has 28 heavy (non-hydrogen) atoms. The minimum atomic E-state index is -0.259. The number of hydrogen-bond donors (Lipinski definition) is 1. The molecule has 1 fully saturated rings. The third-order valence-electron chi connectivity index (χ3n) is 5.60. The Labute approximate surface area is 165 Å². The number of likely N-dealkylation sites (tertiary alicyclic amines) is 1. The van der Waals surface area contributed by atoms with Crippen molar-refractivity contribution in [3.63, 3.8) is 0 Å². The summed E-state index contributed by atoms with van der Waals surface area (Å²) >= 11 is 0. The van der Waals surface area contributed by atoms with Gasteiger partial charge >= 0.3 is 0 Å². The molecule has 4 rings (SSSR count). The number of rotatable bonds is 5. The Morgan fingerprint density at radius 1 is 1.04 bits per heavy atom. The van der Waals surface area contributed by atoms with Crippen molar-refractivity contribution in [1.82, 2.24) is 4.90 Å². The third kappa shape index (κ3) is 3.88. The van der Waals surface area contributed by atoms with Crippen LogP contribution in [0.4, 0.5) is 5.69 Å². The van der Waals surface area contributed by atoms with Gasteiger partial charge in [-0.25, -0.2) is 0 Å². The van der Waals surface area contributed by atoms with Gasteiger partial charge in [-0.3, -0.25) is 9.59 Å². The van der Waals surface area contributed by atoms with Crippen molar-refractivity contribution in [1.29, 1.82) is 0 Å². The fourth-order valence-corrected chi connectivity index (χ4v) is 4.06. The molecule has 2 aromatic carbocycles. The number of amides is 2. The highest BCUT2D eigenvalue weighted by molar-refractivity contribution is 6.05. The van der Waals surface area contributed by atoms with E-state index in [4.69, 9.17) is 4.74 Å². The van der Waals surface area contributed by atoms with Crippen molar-refractivity contribution < 1.29 is 14.3 Å². The largest absolute Gasteiger partial charge is 0.484 e. The van der Waals surface area contributed by atoms with E-state index in [1.807, 2.05) is 36.1 Å². The quantitative estimate of drug-likeness (QED) is 0.862. The Kier molecular flexibility index (Phi) is 5.33. The van der Waals surface area contributed by atoms with Crippen molar-refractivity contribution >= 4 is 17.5 Å². The molecule has 0 unspecified atom stereocenters. The minimum absolute atomic E-state index is 0.0176. The summed E-state index contributed by atoms with van der Waals surface area (Å²) in [6.45, 7) is 3.38. The fraction of sp³-hybridized carbons (Fsp3) is 0.391. The lowest BCUT2D eigenvalue weighted by Gasteiger charge is -2.19. The maximum atomic E-state index is 12.8. The third-order valence-corrected chi connectivity index (χ3v) is 5.60. The maximum Gasteiger partial charge on any atom is 0.262 e. The van der Waals surface area contributed by atoms with Gasteiger partial charge < -0.3 is 15.0 Å². The molecule has 0 atom stereocenters. The number of carbonyl (C=O) groups excluding carboxylic acids is 2. The second-order valence-corrected chi connectivity index (χ2v) is 7.62. The molecule has 5 heteroatoms. The van der Waals surface area contributed by atoms with E-state index in [2.05, 4.69) is 11.4 Å². The first-order valence-electron chi connectivity index (χ1n) is 10.0. The van der Waals surface area contributed by atoms with Gasteiger partial charge in [0, 0.05) is 13.1 Å². The van der Waals surface area contributed by atoms with Gasteiger partial charge in [0.25, 0.3) is 11.8 Å². The number of benzene rings is 2. The van der Waals surface area contributed by atoms with Gasteiger partial charge in [-0.05, 0) is 73.9 Å².